The lowest BCUT2D eigenvalue weighted by Crippen LogP contribution is -2.49. The molecule has 0 aromatic heterocycles. The third-order valence-electron chi connectivity index (χ3n) is 7.06. The highest BCUT2D eigenvalue weighted by Gasteiger charge is 2.31. The van der Waals surface area contributed by atoms with Crippen LogP contribution in [0.25, 0.3) is 0 Å². The Morgan fingerprint density at radius 2 is 1.76 bits per heavy atom. The lowest BCUT2D eigenvalue weighted by Gasteiger charge is -2.41. The molecule has 1 aromatic rings. The summed E-state index contributed by atoms with van der Waals surface area (Å²) < 4.78 is 5.61. The van der Waals surface area contributed by atoms with Crippen molar-refractivity contribution in [2.24, 2.45) is 5.92 Å². The first kappa shape index (κ1) is 20.8. The zero-order valence-corrected chi connectivity index (χ0v) is 17.7. The third-order valence-corrected chi connectivity index (χ3v) is 7.06. The summed E-state index contributed by atoms with van der Waals surface area (Å²) >= 11 is 0. The molecule has 0 radical (unpaired) electrons. The number of piperidine rings is 2. The minimum absolute atomic E-state index is 0.193. The van der Waals surface area contributed by atoms with Gasteiger partial charge < -0.3 is 19.9 Å². The maximum Gasteiger partial charge on any atom is 0.223 e. The van der Waals surface area contributed by atoms with Crippen LogP contribution in [0.5, 0.6) is 0 Å². The van der Waals surface area contributed by atoms with Gasteiger partial charge in [0.2, 0.25) is 5.91 Å². The minimum Gasteiger partial charge on any atom is -0.376 e. The van der Waals surface area contributed by atoms with Crippen molar-refractivity contribution in [1.82, 2.24) is 15.1 Å². The Morgan fingerprint density at radius 3 is 2.45 bits per heavy atom. The van der Waals surface area contributed by atoms with Gasteiger partial charge in [-0.2, -0.15) is 0 Å². The molecule has 3 heterocycles. The van der Waals surface area contributed by atoms with E-state index in [9.17, 15) is 4.79 Å². The number of ether oxygens (including phenoxy) is 1. The second-order valence-electron chi connectivity index (χ2n) is 9.00. The molecule has 5 heteroatoms. The average molecular weight is 400 g/mol. The Labute approximate surface area is 175 Å². The van der Waals surface area contributed by atoms with Crippen LogP contribution in [0.3, 0.4) is 0 Å². The Morgan fingerprint density at radius 1 is 1.00 bits per heavy atom. The molecule has 1 N–H and O–H groups in total. The molecule has 160 valence electrons. The Kier molecular flexibility index (Phi) is 7.58. The summed E-state index contributed by atoms with van der Waals surface area (Å²) in [6, 6.07) is 11.5. The molecule has 3 aliphatic heterocycles. The summed E-state index contributed by atoms with van der Waals surface area (Å²) in [6.45, 7) is 7.28. The number of carbonyl (C=O) groups excluding carboxylic acids is 1. The number of nitrogens with one attached hydrogen (secondary N) is 1. The Balaban J connectivity index is 1.12. The van der Waals surface area contributed by atoms with Gasteiger partial charge in [0.1, 0.15) is 0 Å². The van der Waals surface area contributed by atoms with Crippen molar-refractivity contribution in [2.75, 3.05) is 45.9 Å². The fourth-order valence-corrected chi connectivity index (χ4v) is 5.13. The predicted molar refractivity (Wildman–Crippen MR) is 116 cm³/mol. The molecule has 3 saturated heterocycles. The number of nitrogens with zero attached hydrogens (tertiary/aromatic N) is 2. The average Bonchev–Trinajstić information content (AvgIpc) is 3.31. The summed E-state index contributed by atoms with van der Waals surface area (Å²) in [5, 5.41) is 3.13. The van der Waals surface area contributed by atoms with E-state index in [0.717, 1.165) is 51.8 Å². The molecule has 3 fully saturated rings. The number of amides is 1. The van der Waals surface area contributed by atoms with Crippen molar-refractivity contribution in [2.45, 2.75) is 57.1 Å². The van der Waals surface area contributed by atoms with Crippen molar-refractivity contribution in [3.8, 4) is 0 Å². The van der Waals surface area contributed by atoms with E-state index in [1.807, 2.05) is 0 Å². The van der Waals surface area contributed by atoms with Crippen molar-refractivity contribution >= 4 is 5.91 Å². The van der Waals surface area contributed by atoms with Crippen LogP contribution in [0.15, 0.2) is 30.3 Å². The minimum atomic E-state index is 0.193. The first-order chi connectivity index (χ1) is 14.3. The van der Waals surface area contributed by atoms with Crippen LogP contribution >= 0.6 is 0 Å². The van der Waals surface area contributed by atoms with Gasteiger partial charge in [-0.3, -0.25) is 4.79 Å². The van der Waals surface area contributed by atoms with Crippen LogP contribution < -0.4 is 5.32 Å². The number of rotatable bonds is 7. The summed E-state index contributed by atoms with van der Waals surface area (Å²) in [5.41, 5.74) is 1.44. The summed E-state index contributed by atoms with van der Waals surface area (Å²) in [5.74, 6) is 0.439. The number of benzene rings is 1. The lowest BCUT2D eigenvalue weighted by molar-refractivity contribution is -0.127. The quantitative estimate of drug-likeness (QED) is 0.766. The molecule has 0 bridgehead atoms. The summed E-state index contributed by atoms with van der Waals surface area (Å²) in [6.07, 6.45) is 8.16. The molecule has 3 aliphatic rings. The van der Waals surface area contributed by atoms with Crippen LogP contribution in [-0.4, -0.2) is 73.7 Å². The van der Waals surface area contributed by atoms with E-state index >= 15 is 0 Å². The van der Waals surface area contributed by atoms with Gasteiger partial charge in [0.15, 0.2) is 0 Å². The fourth-order valence-electron chi connectivity index (χ4n) is 5.13. The van der Waals surface area contributed by atoms with Crippen LogP contribution in [0.1, 0.15) is 44.1 Å². The van der Waals surface area contributed by atoms with E-state index in [0.29, 0.717) is 12.6 Å². The molecule has 1 aromatic carbocycles. The van der Waals surface area contributed by atoms with Crippen LogP contribution in [0, 0.1) is 5.92 Å². The van der Waals surface area contributed by atoms with E-state index in [4.69, 9.17) is 4.74 Å². The van der Waals surface area contributed by atoms with Crippen molar-refractivity contribution in [3.05, 3.63) is 35.9 Å². The summed E-state index contributed by atoms with van der Waals surface area (Å²) in [4.78, 5) is 17.7. The zero-order chi connectivity index (χ0) is 19.9. The monoisotopic (exact) mass is 399 g/mol. The number of carbonyl (C=O) groups is 1. The highest BCUT2D eigenvalue weighted by atomic mass is 16.5. The molecule has 0 unspecified atom stereocenters. The SMILES string of the molecule is O=C(NC[C@@H]1CCCO1)C1CCN(C2CCN(CCc3ccccc3)CC2)CC1. The van der Waals surface area contributed by atoms with E-state index < -0.39 is 0 Å². The third kappa shape index (κ3) is 6.03. The molecule has 1 amide bonds. The van der Waals surface area contributed by atoms with Gasteiger partial charge in [-0.05, 0) is 76.7 Å². The molecule has 0 spiro atoms. The van der Waals surface area contributed by atoms with E-state index in [1.54, 1.807) is 0 Å². The molecular formula is C24H37N3O2. The van der Waals surface area contributed by atoms with Crippen molar-refractivity contribution in [1.29, 1.82) is 0 Å². The second kappa shape index (κ2) is 10.6. The van der Waals surface area contributed by atoms with E-state index in [-0.39, 0.29) is 17.9 Å². The van der Waals surface area contributed by atoms with Crippen LogP contribution in [-0.2, 0) is 16.0 Å². The zero-order valence-electron chi connectivity index (χ0n) is 17.7. The molecular weight excluding hydrogens is 362 g/mol. The van der Waals surface area contributed by atoms with Crippen LogP contribution in [0.2, 0.25) is 0 Å². The van der Waals surface area contributed by atoms with Gasteiger partial charge in [-0.25, -0.2) is 0 Å². The molecule has 5 nitrogen and oxygen atoms in total. The molecule has 4 rings (SSSR count). The first-order valence-corrected chi connectivity index (χ1v) is 11.7. The largest absolute Gasteiger partial charge is 0.376 e. The standard InChI is InChI=1S/C24H37N3O2/c28-24(25-19-23-7-4-18-29-23)21-9-16-27(17-10-21)22-11-14-26(15-12-22)13-8-20-5-2-1-3-6-20/h1-3,5-6,21-23H,4,7-19H2,(H,25,28)/t23-/m0/s1. The maximum atomic E-state index is 12.5. The second-order valence-corrected chi connectivity index (χ2v) is 9.00. The van der Waals surface area contributed by atoms with Gasteiger partial charge in [-0.15, -0.1) is 0 Å². The Hall–Kier alpha value is -1.43. The maximum absolute atomic E-state index is 12.5. The van der Waals surface area contributed by atoms with E-state index in [2.05, 4.69) is 45.4 Å². The number of likely N-dealkylation sites (tertiary alicyclic amines) is 2. The lowest BCUT2D eigenvalue weighted by atomic mass is 9.92. The fraction of sp³-hybridized carbons (Fsp3) is 0.708. The van der Waals surface area contributed by atoms with Gasteiger partial charge in [0.05, 0.1) is 6.10 Å². The van der Waals surface area contributed by atoms with E-state index in [1.165, 1.54) is 38.0 Å². The number of hydrogen-bond acceptors (Lipinski definition) is 4. The van der Waals surface area contributed by atoms with Gasteiger partial charge in [-0.1, -0.05) is 30.3 Å². The molecule has 0 saturated carbocycles. The predicted octanol–water partition coefficient (Wildman–Crippen LogP) is 2.70. The molecule has 29 heavy (non-hydrogen) atoms. The van der Waals surface area contributed by atoms with Crippen LogP contribution in [0.4, 0.5) is 0 Å². The smallest absolute Gasteiger partial charge is 0.223 e. The highest BCUT2D eigenvalue weighted by molar-refractivity contribution is 5.78. The Bertz CT molecular complexity index is 616. The van der Waals surface area contributed by atoms with Crippen molar-refractivity contribution in [3.63, 3.8) is 0 Å². The highest BCUT2D eigenvalue weighted by Crippen LogP contribution is 2.24. The van der Waals surface area contributed by atoms with Crippen molar-refractivity contribution < 1.29 is 9.53 Å². The normalized spacial score (nSPS) is 25.3. The van der Waals surface area contributed by atoms with Gasteiger partial charge in [0, 0.05) is 31.7 Å². The molecule has 0 aliphatic carbocycles. The first-order valence-electron chi connectivity index (χ1n) is 11.7. The summed E-state index contributed by atoms with van der Waals surface area (Å²) in [7, 11) is 0. The number of hydrogen-bond donors (Lipinski definition) is 1. The molecule has 1 atom stereocenters. The van der Waals surface area contributed by atoms with Gasteiger partial charge in [0.25, 0.3) is 0 Å². The topological polar surface area (TPSA) is 44.8 Å². The van der Waals surface area contributed by atoms with Gasteiger partial charge >= 0.3 is 0 Å².